The van der Waals surface area contributed by atoms with E-state index in [0.29, 0.717) is 30.7 Å². The van der Waals surface area contributed by atoms with Gasteiger partial charge in [-0.25, -0.2) is 0 Å². The maximum Gasteiger partial charge on any atom is 0.247 e. The molecule has 36 heavy (non-hydrogen) atoms. The zero-order valence-electron chi connectivity index (χ0n) is 21.2. The Morgan fingerprint density at radius 1 is 1.14 bits per heavy atom. The van der Waals surface area contributed by atoms with Gasteiger partial charge in [0.15, 0.2) is 0 Å². The van der Waals surface area contributed by atoms with Crippen molar-refractivity contribution in [3.05, 3.63) is 39.5 Å². The van der Waals surface area contributed by atoms with Gasteiger partial charge in [-0.15, -0.1) is 0 Å². The van der Waals surface area contributed by atoms with E-state index < -0.39 is 18.2 Å². The molecule has 1 aromatic rings. The highest BCUT2D eigenvalue weighted by atomic mass is 127. The van der Waals surface area contributed by atoms with Crippen LogP contribution in [0.1, 0.15) is 65.2 Å². The summed E-state index contributed by atoms with van der Waals surface area (Å²) in [5, 5.41) is 23.2. The predicted octanol–water partition coefficient (Wildman–Crippen LogP) is 3.37. The molecule has 0 bridgehead atoms. The van der Waals surface area contributed by atoms with Crippen molar-refractivity contribution in [3.8, 4) is 5.75 Å². The topological polar surface area (TPSA) is 116 Å². The summed E-state index contributed by atoms with van der Waals surface area (Å²) in [6, 6.07) is 6.76. The molecule has 0 spiro atoms. The molecule has 0 aliphatic heterocycles. The Morgan fingerprint density at radius 2 is 1.89 bits per heavy atom. The third kappa shape index (κ3) is 9.48. The summed E-state index contributed by atoms with van der Waals surface area (Å²) in [6.07, 6.45) is 4.74. The van der Waals surface area contributed by atoms with Gasteiger partial charge in [0, 0.05) is 37.9 Å². The number of rotatable bonds is 15. The fourth-order valence-corrected chi connectivity index (χ4v) is 4.80. The fourth-order valence-electron chi connectivity index (χ4n) is 4.28. The molecule has 0 fully saturated rings. The van der Waals surface area contributed by atoms with Gasteiger partial charge in [-0.05, 0) is 60.6 Å². The minimum atomic E-state index is -1.04. The van der Waals surface area contributed by atoms with Crippen LogP contribution in [0.15, 0.2) is 35.9 Å². The normalized spacial score (nSPS) is 19.4. The van der Waals surface area contributed by atoms with Crippen LogP contribution in [0.4, 0.5) is 0 Å². The first-order valence-corrected chi connectivity index (χ1v) is 13.8. The second-order valence-electron chi connectivity index (χ2n) is 9.15. The lowest BCUT2D eigenvalue weighted by Crippen LogP contribution is -2.55. The molecule has 3 unspecified atom stereocenters. The number of benzene rings is 1. The van der Waals surface area contributed by atoms with Crippen LogP contribution in [0.5, 0.6) is 5.75 Å². The van der Waals surface area contributed by atoms with Gasteiger partial charge in [-0.2, -0.15) is 0 Å². The zero-order chi connectivity index (χ0) is 26.5. The largest absolute Gasteiger partial charge is 0.482 e. The molecule has 3 N–H and O–H groups in total. The smallest absolute Gasteiger partial charge is 0.247 e. The average molecular weight is 615 g/mol. The Morgan fingerprint density at radius 3 is 2.56 bits per heavy atom. The molecule has 0 saturated heterocycles. The third-order valence-electron chi connectivity index (χ3n) is 6.21. The van der Waals surface area contributed by atoms with Crippen LogP contribution in [0.25, 0.3) is 0 Å². The first-order chi connectivity index (χ1) is 17.3. The lowest BCUT2D eigenvalue weighted by atomic mass is 9.87. The molecule has 1 aliphatic rings. The first kappa shape index (κ1) is 30.2. The van der Waals surface area contributed by atoms with Gasteiger partial charge in [0.2, 0.25) is 11.8 Å². The number of hydrogen-bond donors (Lipinski definition) is 3. The number of ketones is 1. The first-order valence-electron chi connectivity index (χ1n) is 12.8. The summed E-state index contributed by atoms with van der Waals surface area (Å²) in [5.41, 5.74) is 0.407. The van der Waals surface area contributed by atoms with Gasteiger partial charge in [0.25, 0.3) is 0 Å². The molecule has 0 radical (unpaired) electrons. The second-order valence-corrected chi connectivity index (χ2v) is 10.3. The lowest BCUT2D eigenvalue weighted by molar-refractivity contribution is -0.138. The number of hydrogen-bond acceptors (Lipinski definition) is 6. The van der Waals surface area contributed by atoms with E-state index in [4.69, 9.17) is 9.84 Å². The Balaban J connectivity index is 2.33. The van der Waals surface area contributed by atoms with E-state index >= 15 is 0 Å². The number of carbonyl (C=O) groups excluding carboxylic acids is 3. The van der Waals surface area contributed by atoms with E-state index in [1.165, 1.54) is 6.92 Å². The van der Waals surface area contributed by atoms with Gasteiger partial charge in [-0.1, -0.05) is 38.3 Å². The molecule has 0 heterocycles. The van der Waals surface area contributed by atoms with Crippen LogP contribution in [0.3, 0.4) is 0 Å². The molecule has 1 aliphatic carbocycles. The van der Waals surface area contributed by atoms with E-state index in [1.54, 1.807) is 17.0 Å². The van der Waals surface area contributed by atoms with Crippen LogP contribution in [0.2, 0.25) is 0 Å². The van der Waals surface area contributed by atoms with Crippen molar-refractivity contribution in [2.75, 3.05) is 19.7 Å². The Kier molecular flexibility index (Phi) is 13.4. The maximum atomic E-state index is 13.3. The van der Waals surface area contributed by atoms with Gasteiger partial charge in [0.05, 0.1) is 16.2 Å². The van der Waals surface area contributed by atoms with Gasteiger partial charge >= 0.3 is 0 Å². The van der Waals surface area contributed by atoms with Crippen molar-refractivity contribution in [2.24, 2.45) is 0 Å². The summed E-state index contributed by atoms with van der Waals surface area (Å²) < 4.78 is 7.02. The highest BCUT2D eigenvalue weighted by molar-refractivity contribution is 14.1. The summed E-state index contributed by atoms with van der Waals surface area (Å²) in [4.78, 5) is 39.2. The molecule has 9 heteroatoms. The van der Waals surface area contributed by atoms with Gasteiger partial charge in [0.1, 0.15) is 23.7 Å². The minimum absolute atomic E-state index is 0.0340. The molecular weight excluding hydrogens is 575 g/mol. The molecule has 0 aromatic heterocycles. The van der Waals surface area contributed by atoms with Crippen molar-refractivity contribution in [1.29, 1.82) is 0 Å². The number of ether oxygens (including phenoxy) is 1. The second kappa shape index (κ2) is 16.0. The number of nitrogens with zero attached hydrogens (tertiary/aromatic N) is 1. The Labute approximate surface area is 227 Å². The quantitative estimate of drug-likeness (QED) is 0.206. The van der Waals surface area contributed by atoms with E-state index in [1.807, 2.05) is 18.2 Å². The van der Waals surface area contributed by atoms with Crippen molar-refractivity contribution in [1.82, 2.24) is 10.2 Å². The van der Waals surface area contributed by atoms with Crippen molar-refractivity contribution >= 4 is 40.2 Å². The van der Waals surface area contributed by atoms with Crippen LogP contribution in [-0.2, 0) is 14.4 Å². The number of halogens is 1. The zero-order valence-corrected chi connectivity index (χ0v) is 23.4. The number of Topliss-reactive ketones (excluding diaryl/α,β-unsaturated/α-hetero) is 1. The number of unbranched alkanes of at least 4 members (excludes halogenated alkanes) is 3. The van der Waals surface area contributed by atoms with E-state index in [2.05, 4.69) is 34.8 Å². The van der Waals surface area contributed by atoms with Crippen LogP contribution < -0.4 is 10.1 Å². The standard InChI is InChI=1S/C27H39IN2O6/c1-3-4-5-8-15-30(25(33)13-9-10-19(2)32)22-17-20(27(35)29-14-16-31)18-24(26(22)34)36-23-12-7-6-11-21(23)28/h6-7,11-12,18,22,24,26,31,34H,3-5,8-10,13-17H2,1-2H3,(H,29,35). The number of para-hydroxylation sites is 1. The van der Waals surface area contributed by atoms with Crippen LogP contribution in [-0.4, -0.2) is 70.7 Å². The predicted molar refractivity (Wildman–Crippen MR) is 147 cm³/mol. The minimum Gasteiger partial charge on any atom is -0.482 e. The van der Waals surface area contributed by atoms with Crippen molar-refractivity contribution < 1.29 is 29.3 Å². The van der Waals surface area contributed by atoms with E-state index in [0.717, 1.165) is 29.3 Å². The van der Waals surface area contributed by atoms with Crippen LogP contribution >= 0.6 is 22.6 Å². The lowest BCUT2D eigenvalue weighted by Gasteiger charge is -2.40. The van der Waals surface area contributed by atoms with Gasteiger partial charge in [-0.3, -0.25) is 9.59 Å². The Bertz CT molecular complexity index is 906. The third-order valence-corrected chi connectivity index (χ3v) is 7.10. The molecule has 2 rings (SSSR count). The summed E-state index contributed by atoms with van der Waals surface area (Å²) in [5.74, 6) is 0.122. The molecule has 1 aromatic carbocycles. The number of carbonyl (C=O) groups is 3. The average Bonchev–Trinajstić information content (AvgIpc) is 2.85. The fraction of sp³-hybridized carbons (Fsp3) is 0.593. The van der Waals surface area contributed by atoms with Crippen molar-refractivity contribution in [3.63, 3.8) is 0 Å². The maximum absolute atomic E-state index is 13.3. The van der Waals surface area contributed by atoms with Gasteiger partial charge < -0.3 is 30.0 Å². The van der Waals surface area contributed by atoms with E-state index in [9.17, 15) is 19.5 Å². The number of aliphatic hydroxyl groups excluding tert-OH is 2. The molecule has 8 nitrogen and oxygen atoms in total. The monoisotopic (exact) mass is 614 g/mol. The Hall–Kier alpha value is -1.98. The summed E-state index contributed by atoms with van der Waals surface area (Å²) in [6.45, 7) is 4.00. The SMILES string of the molecule is CCCCCCN(C(=O)CCCC(C)=O)C1CC(C(=O)NCCO)=CC(Oc2ccccc2I)C1O. The van der Waals surface area contributed by atoms with Crippen LogP contribution in [0, 0.1) is 3.57 Å². The highest BCUT2D eigenvalue weighted by Gasteiger charge is 2.40. The highest BCUT2D eigenvalue weighted by Crippen LogP contribution is 2.30. The molecule has 0 saturated carbocycles. The summed E-state index contributed by atoms with van der Waals surface area (Å²) in [7, 11) is 0. The molecule has 200 valence electrons. The number of amides is 2. The van der Waals surface area contributed by atoms with Crippen molar-refractivity contribution in [2.45, 2.75) is 83.5 Å². The summed E-state index contributed by atoms with van der Waals surface area (Å²) >= 11 is 2.15. The molecule has 3 atom stereocenters. The number of nitrogens with one attached hydrogen (secondary N) is 1. The molecular formula is C27H39IN2O6. The van der Waals surface area contributed by atoms with E-state index in [-0.39, 0.29) is 43.6 Å². The number of aliphatic hydroxyl groups is 2. The molecule has 2 amide bonds.